The fourth-order valence-electron chi connectivity index (χ4n) is 2.46. The van der Waals surface area contributed by atoms with Crippen molar-refractivity contribution in [3.63, 3.8) is 0 Å². The van der Waals surface area contributed by atoms with E-state index >= 15 is 0 Å². The molecule has 122 valence electrons. The zero-order valence-corrected chi connectivity index (χ0v) is 14.5. The fraction of sp³-hybridized carbons (Fsp3) is 0.824. The van der Waals surface area contributed by atoms with Crippen LogP contribution in [0.25, 0.3) is 0 Å². The summed E-state index contributed by atoms with van der Waals surface area (Å²) in [7, 11) is 0. The second kappa shape index (κ2) is 7.83. The fourth-order valence-corrected chi connectivity index (χ4v) is 2.46. The summed E-state index contributed by atoms with van der Waals surface area (Å²) in [6.45, 7) is 14.8. The van der Waals surface area contributed by atoms with Gasteiger partial charge in [-0.25, -0.2) is 4.79 Å². The lowest BCUT2D eigenvalue weighted by molar-refractivity contribution is 0.0265. The monoisotopic (exact) mass is 296 g/mol. The first-order valence-corrected chi connectivity index (χ1v) is 8.06. The third kappa shape index (κ3) is 7.51. The molecule has 1 atom stereocenters. The van der Waals surface area contributed by atoms with Crippen LogP contribution in [0.5, 0.6) is 0 Å². The van der Waals surface area contributed by atoms with Crippen LogP contribution in [0.2, 0.25) is 0 Å². The minimum atomic E-state index is -0.422. The van der Waals surface area contributed by atoms with Crippen molar-refractivity contribution < 1.29 is 9.53 Å². The van der Waals surface area contributed by atoms with Crippen LogP contribution < -0.4 is 5.32 Å². The van der Waals surface area contributed by atoms with Gasteiger partial charge in [-0.3, -0.25) is 0 Å². The molecule has 1 amide bonds. The van der Waals surface area contributed by atoms with Crippen LogP contribution in [-0.2, 0) is 4.74 Å². The lowest BCUT2D eigenvalue weighted by Gasteiger charge is -2.30. The van der Waals surface area contributed by atoms with E-state index in [2.05, 4.69) is 32.2 Å². The maximum atomic E-state index is 12.0. The van der Waals surface area contributed by atoms with Crippen molar-refractivity contribution in [2.24, 2.45) is 5.92 Å². The maximum Gasteiger partial charge on any atom is 0.410 e. The standard InChI is InChI=1S/C17H32N2O2/c1-13(2)11-14(3)18-12-15-7-9-19(10-8-15)16(20)21-17(4,5)6/h7,13-14,18H,8-12H2,1-6H3. The molecule has 1 aliphatic heterocycles. The van der Waals surface area contributed by atoms with Gasteiger partial charge in [0.15, 0.2) is 0 Å². The Hall–Kier alpha value is -1.03. The first kappa shape index (κ1) is 18.0. The van der Waals surface area contributed by atoms with Crippen molar-refractivity contribution >= 4 is 6.09 Å². The van der Waals surface area contributed by atoms with Gasteiger partial charge in [0.25, 0.3) is 0 Å². The highest BCUT2D eigenvalue weighted by molar-refractivity contribution is 5.68. The Labute approximate surface area is 129 Å². The van der Waals surface area contributed by atoms with Crippen LogP contribution in [0.4, 0.5) is 4.79 Å². The molecule has 0 saturated heterocycles. The number of hydrogen-bond donors (Lipinski definition) is 1. The van der Waals surface area contributed by atoms with E-state index in [1.54, 1.807) is 4.90 Å². The van der Waals surface area contributed by atoms with E-state index in [0.29, 0.717) is 12.6 Å². The maximum absolute atomic E-state index is 12.0. The number of nitrogens with zero attached hydrogens (tertiary/aromatic N) is 1. The Morgan fingerprint density at radius 1 is 1.38 bits per heavy atom. The predicted octanol–water partition coefficient (Wildman–Crippen LogP) is 3.58. The SMILES string of the molecule is CC(C)CC(C)NCC1=CCN(C(=O)OC(C)(C)C)CC1. The molecular formula is C17H32N2O2. The topological polar surface area (TPSA) is 41.6 Å². The molecule has 0 aliphatic carbocycles. The predicted molar refractivity (Wildman–Crippen MR) is 87.4 cm³/mol. The average molecular weight is 296 g/mol. The molecule has 0 bridgehead atoms. The van der Waals surface area contributed by atoms with Crippen molar-refractivity contribution in [3.05, 3.63) is 11.6 Å². The third-order valence-electron chi connectivity index (χ3n) is 3.46. The highest BCUT2D eigenvalue weighted by atomic mass is 16.6. The van der Waals surface area contributed by atoms with E-state index in [-0.39, 0.29) is 6.09 Å². The first-order valence-electron chi connectivity index (χ1n) is 8.06. The van der Waals surface area contributed by atoms with E-state index in [9.17, 15) is 4.79 Å². The lowest BCUT2D eigenvalue weighted by Crippen LogP contribution is -2.40. The van der Waals surface area contributed by atoms with Crippen molar-refractivity contribution in [1.82, 2.24) is 10.2 Å². The summed E-state index contributed by atoms with van der Waals surface area (Å²) in [6.07, 6.45) is 4.07. The molecule has 1 unspecified atom stereocenters. The minimum Gasteiger partial charge on any atom is -0.444 e. The van der Waals surface area contributed by atoms with Gasteiger partial charge >= 0.3 is 6.09 Å². The second-order valence-corrected chi connectivity index (χ2v) is 7.45. The van der Waals surface area contributed by atoms with Crippen molar-refractivity contribution in [2.75, 3.05) is 19.6 Å². The van der Waals surface area contributed by atoms with E-state index in [1.165, 1.54) is 12.0 Å². The van der Waals surface area contributed by atoms with Gasteiger partial charge in [0, 0.05) is 25.7 Å². The van der Waals surface area contributed by atoms with Gasteiger partial charge in [-0.15, -0.1) is 0 Å². The number of hydrogen-bond acceptors (Lipinski definition) is 3. The Bertz CT molecular complexity index is 369. The summed E-state index contributed by atoms with van der Waals surface area (Å²) in [6, 6.07) is 0.537. The molecule has 4 heteroatoms. The minimum absolute atomic E-state index is 0.209. The van der Waals surface area contributed by atoms with Crippen LogP contribution in [0.3, 0.4) is 0 Å². The molecule has 1 aliphatic rings. The van der Waals surface area contributed by atoms with Gasteiger partial charge in [0.1, 0.15) is 5.60 Å². The number of rotatable bonds is 5. The summed E-state index contributed by atoms with van der Waals surface area (Å²) in [5, 5.41) is 3.56. The van der Waals surface area contributed by atoms with Gasteiger partial charge in [-0.1, -0.05) is 25.5 Å². The molecule has 0 spiro atoms. The van der Waals surface area contributed by atoms with E-state index in [4.69, 9.17) is 4.74 Å². The Balaban J connectivity index is 2.35. The molecule has 0 radical (unpaired) electrons. The lowest BCUT2D eigenvalue weighted by atomic mass is 10.0. The van der Waals surface area contributed by atoms with Crippen molar-refractivity contribution in [2.45, 2.75) is 66.0 Å². The van der Waals surface area contributed by atoms with E-state index < -0.39 is 5.60 Å². The highest BCUT2D eigenvalue weighted by Gasteiger charge is 2.23. The molecule has 4 nitrogen and oxygen atoms in total. The number of carbonyl (C=O) groups excluding carboxylic acids is 1. The molecule has 1 rings (SSSR count). The molecule has 1 heterocycles. The second-order valence-electron chi connectivity index (χ2n) is 7.45. The summed E-state index contributed by atoms with van der Waals surface area (Å²) < 4.78 is 5.40. The summed E-state index contributed by atoms with van der Waals surface area (Å²) in [4.78, 5) is 13.7. The first-order chi connectivity index (χ1) is 9.67. The molecule has 0 fully saturated rings. The van der Waals surface area contributed by atoms with E-state index in [0.717, 1.165) is 25.4 Å². The van der Waals surface area contributed by atoms with E-state index in [1.807, 2.05) is 20.8 Å². The Kier molecular flexibility index (Phi) is 6.72. The summed E-state index contributed by atoms with van der Waals surface area (Å²) >= 11 is 0. The molecule has 0 aromatic rings. The molecule has 1 N–H and O–H groups in total. The van der Waals surface area contributed by atoms with Gasteiger partial charge in [-0.05, 0) is 46.5 Å². The number of nitrogens with one attached hydrogen (secondary N) is 1. The van der Waals surface area contributed by atoms with Crippen LogP contribution in [0, 0.1) is 5.92 Å². The Morgan fingerprint density at radius 2 is 2.05 bits per heavy atom. The molecule has 0 aromatic heterocycles. The van der Waals surface area contributed by atoms with Gasteiger partial charge in [0.05, 0.1) is 0 Å². The van der Waals surface area contributed by atoms with Crippen LogP contribution in [0.15, 0.2) is 11.6 Å². The average Bonchev–Trinajstić information content (AvgIpc) is 2.34. The largest absolute Gasteiger partial charge is 0.444 e. The molecule has 21 heavy (non-hydrogen) atoms. The zero-order chi connectivity index (χ0) is 16.0. The third-order valence-corrected chi connectivity index (χ3v) is 3.46. The zero-order valence-electron chi connectivity index (χ0n) is 14.5. The van der Waals surface area contributed by atoms with Crippen LogP contribution >= 0.6 is 0 Å². The molecule has 0 aromatic carbocycles. The normalized spacial score (nSPS) is 17.7. The van der Waals surface area contributed by atoms with Gasteiger partial charge in [-0.2, -0.15) is 0 Å². The van der Waals surface area contributed by atoms with Crippen LogP contribution in [0.1, 0.15) is 54.4 Å². The molecule has 0 saturated carbocycles. The highest BCUT2D eigenvalue weighted by Crippen LogP contribution is 2.15. The van der Waals surface area contributed by atoms with Gasteiger partial charge in [0.2, 0.25) is 0 Å². The molecular weight excluding hydrogens is 264 g/mol. The summed E-state index contributed by atoms with van der Waals surface area (Å²) in [5.41, 5.74) is 0.972. The smallest absolute Gasteiger partial charge is 0.410 e. The summed E-state index contributed by atoms with van der Waals surface area (Å²) in [5.74, 6) is 0.718. The number of amides is 1. The van der Waals surface area contributed by atoms with Crippen LogP contribution in [-0.4, -0.2) is 42.3 Å². The number of carbonyl (C=O) groups is 1. The Morgan fingerprint density at radius 3 is 2.52 bits per heavy atom. The number of ether oxygens (including phenoxy) is 1. The van der Waals surface area contributed by atoms with Gasteiger partial charge < -0.3 is 15.0 Å². The van der Waals surface area contributed by atoms with Crippen molar-refractivity contribution in [3.8, 4) is 0 Å². The quantitative estimate of drug-likeness (QED) is 0.788. The van der Waals surface area contributed by atoms with Crippen molar-refractivity contribution in [1.29, 1.82) is 0 Å².